The van der Waals surface area contributed by atoms with Crippen LogP contribution in [-0.4, -0.2) is 55.1 Å². The molecule has 0 bridgehead atoms. The summed E-state index contributed by atoms with van der Waals surface area (Å²) in [6, 6.07) is 1.73. The number of phenolic OH excluding ortho intramolecular Hbond substituents is 1. The summed E-state index contributed by atoms with van der Waals surface area (Å²) in [5.74, 6) is -0.317. The summed E-state index contributed by atoms with van der Waals surface area (Å²) in [5, 5.41) is 14.5. The normalized spacial score (nSPS) is 32.6. The van der Waals surface area contributed by atoms with Crippen molar-refractivity contribution in [2.75, 3.05) is 26.8 Å². The second-order valence-electron chi connectivity index (χ2n) is 7.30. The number of benzene rings is 1. The van der Waals surface area contributed by atoms with Gasteiger partial charge in [-0.25, -0.2) is 0 Å². The Hall–Kier alpha value is -1.61. The molecule has 146 valence electrons. The second kappa shape index (κ2) is 6.77. The number of ether oxygens (including phenoxy) is 3. The molecule has 3 aliphatic rings. The lowest BCUT2D eigenvalue weighted by molar-refractivity contribution is -0.131. The molecule has 3 unspecified atom stereocenters. The van der Waals surface area contributed by atoms with Gasteiger partial charge in [0, 0.05) is 23.1 Å². The van der Waals surface area contributed by atoms with Crippen LogP contribution in [-0.2, 0) is 26.4 Å². The maximum absolute atomic E-state index is 11.5. The zero-order valence-electron chi connectivity index (χ0n) is 15.3. The number of halogens is 1. The van der Waals surface area contributed by atoms with Crippen molar-refractivity contribution < 1.29 is 24.1 Å². The number of nitrogens with zero attached hydrogens (tertiary/aromatic N) is 1. The fourth-order valence-corrected chi connectivity index (χ4v) is 4.65. The van der Waals surface area contributed by atoms with E-state index >= 15 is 0 Å². The Kier molecular flexibility index (Phi) is 4.70. The van der Waals surface area contributed by atoms with E-state index in [-0.39, 0.29) is 11.9 Å². The van der Waals surface area contributed by atoms with E-state index in [0.29, 0.717) is 38.4 Å². The number of aromatic hydroxyl groups is 1. The second-order valence-corrected chi connectivity index (χ2v) is 8.15. The summed E-state index contributed by atoms with van der Waals surface area (Å²) >= 11 is 3.58. The third-order valence-corrected chi connectivity index (χ3v) is 6.23. The average Bonchev–Trinajstić information content (AvgIpc) is 2.94. The summed E-state index contributed by atoms with van der Waals surface area (Å²) < 4.78 is 18.0. The number of nitrogens with one attached hydrogen (secondary N) is 1. The number of phenols is 1. The van der Waals surface area contributed by atoms with Crippen LogP contribution in [0.1, 0.15) is 24.5 Å². The first-order valence-corrected chi connectivity index (χ1v) is 9.76. The summed E-state index contributed by atoms with van der Waals surface area (Å²) in [6.07, 6.45) is 5.40. The number of rotatable bonds is 2. The minimum Gasteiger partial charge on any atom is -0.504 e. The van der Waals surface area contributed by atoms with E-state index in [9.17, 15) is 9.90 Å². The van der Waals surface area contributed by atoms with Crippen LogP contribution in [0.15, 0.2) is 22.7 Å². The van der Waals surface area contributed by atoms with Crippen LogP contribution >= 0.6 is 15.9 Å². The number of carbonyl (C=O) groups is 1. The SMILES string of the molecule is COc1cc(Br)c2c(c1O)C1(C=CC3(CN1)OCC(C)O3)CCN(C=O)C2. The first-order valence-electron chi connectivity index (χ1n) is 8.97. The van der Waals surface area contributed by atoms with Crippen LogP contribution in [0, 0.1) is 0 Å². The van der Waals surface area contributed by atoms with Gasteiger partial charge in [0.15, 0.2) is 11.5 Å². The minimum absolute atomic E-state index is 0.0279. The molecular formula is C19H23BrN2O5. The Morgan fingerprint density at radius 2 is 2.30 bits per heavy atom. The summed E-state index contributed by atoms with van der Waals surface area (Å²) in [4.78, 5) is 13.2. The van der Waals surface area contributed by atoms with E-state index in [4.69, 9.17) is 14.2 Å². The van der Waals surface area contributed by atoms with Crippen LogP contribution in [0.4, 0.5) is 0 Å². The van der Waals surface area contributed by atoms with Gasteiger partial charge in [0.25, 0.3) is 0 Å². The quantitative estimate of drug-likeness (QED) is 0.542. The van der Waals surface area contributed by atoms with Crippen LogP contribution in [0.2, 0.25) is 0 Å². The molecule has 0 aliphatic carbocycles. The van der Waals surface area contributed by atoms with Gasteiger partial charge in [0.2, 0.25) is 12.2 Å². The van der Waals surface area contributed by atoms with Gasteiger partial charge >= 0.3 is 0 Å². The maximum atomic E-state index is 11.5. The zero-order valence-corrected chi connectivity index (χ0v) is 16.9. The smallest absolute Gasteiger partial charge is 0.210 e. The summed E-state index contributed by atoms with van der Waals surface area (Å²) in [5.41, 5.74) is 0.917. The molecule has 1 aromatic carbocycles. The van der Waals surface area contributed by atoms with Crippen LogP contribution in [0.5, 0.6) is 11.5 Å². The molecule has 0 saturated carbocycles. The Morgan fingerprint density at radius 3 is 2.89 bits per heavy atom. The molecule has 27 heavy (non-hydrogen) atoms. The number of methoxy groups -OCH3 is 1. The fourth-order valence-electron chi connectivity index (χ4n) is 4.12. The third-order valence-electron chi connectivity index (χ3n) is 5.52. The van der Waals surface area contributed by atoms with Gasteiger partial charge < -0.3 is 24.2 Å². The van der Waals surface area contributed by atoms with Gasteiger partial charge in [-0.1, -0.05) is 22.0 Å². The highest BCUT2D eigenvalue weighted by Crippen LogP contribution is 2.48. The maximum Gasteiger partial charge on any atom is 0.210 e. The lowest BCUT2D eigenvalue weighted by Gasteiger charge is -2.41. The fraction of sp³-hybridized carbons (Fsp3) is 0.526. The molecule has 1 amide bonds. The Balaban J connectivity index is 1.84. The summed E-state index contributed by atoms with van der Waals surface area (Å²) in [6.45, 7) is 3.92. The van der Waals surface area contributed by atoms with Crippen molar-refractivity contribution in [1.29, 1.82) is 0 Å². The van der Waals surface area contributed by atoms with Gasteiger partial charge in [0.1, 0.15) is 0 Å². The van der Waals surface area contributed by atoms with Crippen molar-refractivity contribution in [3.05, 3.63) is 33.8 Å². The topological polar surface area (TPSA) is 80.3 Å². The Labute approximate surface area is 166 Å². The average molecular weight is 439 g/mol. The van der Waals surface area contributed by atoms with E-state index in [1.54, 1.807) is 11.0 Å². The van der Waals surface area contributed by atoms with Crippen LogP contribution < -0.4 is 10.1 Å². The standard InChI is InChI=1S/C19H23BrN2O5/c1-12-9-26-19(27-12)4-3-18(21-10-19)5-6-22(11-23)8-13-14(20)7-15(25-2)17(24)16(13)18/h3-4,7,11-12,21,24H,5-6,8-10H2,1-2H3. The predicted octanol–water partition coefficient (Wildman–Crippen LogP) is 2.01. The number of fused-ring (bicyclic) bond motifs is 2. The van der Waals surface area contributed by atoms with Crippen LogP contribution in [0.3, 0.4) is 0 Å². The van der Waals surface area contributed by atoms with Gasteiger partial charge in [-0.3, -0.25) is 10.1 Å². The molecule has 3 heterocycles. The molecular weight excluding hydrogens is 416 g/mol. The molecule has 1 aromatic rings. The molecule has 2 spiro atoms. The molecule has 8 heteroatoms. The predicted molar refractivity (Wildman–Crippen MR) is 102 cm³/mol. The third kappa shape index (κ3) is 3.04. The molecule has 0 aromatic heterocycles. The Morgan fingerprint density at radius 1 is 1.48 bits per heavy atom. The van der Waals surface area contributed by atoms with Crippen molar-refractivity contribution in [3.63, 3.8) is 0 Å². The molecule has 0 radical (unpaired) electrons. The minimum atomic E-state index is -0.785. The van der Waals surface area contributed by atoms with Crippen molar-refractivity contribution in [1.82, 2.24) is 10.2 Å². The monoisotopic (exact) mass is 438 g/mol. The highest BCUT2D eigenvalue weighted by molar-refractivity contribution is 9.10. The lowest BCUT2D eigenvalue weighted by Crippen LogP contribution is -2.54. The van der Waals surface area contributed by atoms with Crippen molar-refractivity contribution >= 4 is 22.3 Å². The number of hydrogen-bond acceptors (Lipinski definition) is 6. The van der Waals surface area contributed by atoms with Gasteiger partial charge in [-0.2, -0.15) is 0 Å². The van der Waals surface area contributed by atoms with Crippen molar-refractivity contribution in [3.8, 4) is 11.5 Å². The molecule has 1 saturated heterocycles. The van der Waals surface area contributed by atoms with E-state index in [2.05, 4.69) is 21.2 Å². The van der Waals surface area contributed by atoms with E-state index in [1.165, 1.54) is 7.11 Å². The number of amides is 1. The van der Waals surface area contributed by atoms with E-state index in [1.807, 2.05) is 19.1 Å². The molecule has 2 N–H and O–H groups in total. The van der Waals surface area contributed by atoms with Crippen LogP contribution in [0.25, 0.3) is 0 Å². The zero-order chi connectivity index (χ0) is 19.2. The molecule has 3 atom stereocenters. The van der Waals surface area contributed by atoms with E-state index < -0.39 is 11.3 Å². The molecule has 1 fully saturated rings. The largest absolute Gasteiger partial charge is 0.504 e. The Bertz CT molecular complexity index is 801. The van der Waals surface area contributed by atoms with E-state index in [0.717, 1.165) is 22.0 Å². The van der Waals surface area contributed by atoms with Gasteiger partial charge in [-0.05, 0) is 31.1 Å². The number of carbonyl (C=O) groups excluding carboxylic acids is 1. The lowest BCUT2D eigenvalue weighted by atomic mass is 9.80. The molecule has 4 rings (SSSR count). The first-order chi connectivity index (χ1) is 12.9. The highest BCUT2D eigenvalue weighted by atomic mass is 79.9. The highest BCUT2D eigenvalue weighted by Gasteiger charge is 2.47. The van der Waals surface area contributed by atoms with Gasteiger partial charge in [-0.15, -0.1) is 0 Å². The van der Waals surface area contributed by atoms with Crippen molar-refractivity contribution in [2.45, 2.75) is 37.3 Å². The number of hydrogen-bond donors (Lipinski definition) is 2. The molecule has 3 aliphatic heterocycles. The summed E-state index contributed by atoms with van der Waals surface area (Å²) in [7, 11) is 1.52. The van der Waals surface area contributed by atoms with Gasteiger partial charge in [0.05, 0.1) is 31.9 Å². The molecule has 7 nitrogen and oxygen atoms in total. The first kappa shape index (κ1) is 18.7. The van der Waals surface area contributed by atoms with Crippen molar-refractivity contribution in [2.24, 2.45) is 0 Å².